The van der Waals surface area contributed by atoms with E-state index in [1.807, 2.05) is 24.3 Å². The van der Waals surface area contributed by atoms with Crippen LogP contribution in [0.3, 0.4) is 0 Å². The average Bonchev–Trinajstić information content (AvgIpc) is 2.46. The monoisotopic (exact) mass is 291 g/mol. The minimum Gasteiger partial charge on any atom is -0.399 e. The highest BCUT2D eigenvalue weighted by atomic mass is 16.5. The van der Waals surface area contributed by atoms with Gasteiger partial charge in [0.2, 0.25) is 5.91 Å². The first kappa shape index (κ1) is 15.8. The number of rotatable bonds is 5. The van der Waals surface area contributed by atoms with Crippen LogP contribution in [-0.4, -0.2) is 50.2 Å². The molecule has 1 aromatic rings. The summed E-state index contributed by atoms with van der Waals surface area (Å²) in [6, 6.07) is 7.70. The zero-order valence-electron chi connectivity index (χ0n) is 12.8. The fourth-order valence-electron chi connectivity index (χ4n) is 2.51. The molecule has 1 saturated heterocycles. The maximum Gasteiger partial charge on any atom is 0.220 e. The Morgan fingerprint density at radius 3 is 2.86 bits per heavy atom. The number of hydrogen-bond acceptors (Lipinski definition) is 4. The molecule has 1 aliphatic rings. The van der Waals surface area contributed by atoms with Gasteiger partial charge >= 0.3 is 0 Å². The number of likely N-dealkylation sites (N-methyl/N-ethyl adjacent to an activating group) is 1. The van der Waals surface area contributed by atoms with Crippen molar-refractivity contribution in [2.75, 3.05) is 39.0 Å². The standard InChI is InChI=1S/C16H25N3O2/c1-12(13-3-5-14(17)6-4-13)9-16(20)18-10-15-11-19(2)7-8-21-15/h3-6,12,15H,7-11,17H2,1-2H3,(H,18,20). The van der Waals surface area contributed by atoms with Crippen LogP contribution < -0.4 is 11.1 Å². The second-order valence-electron chi connectivity index (χ2n) is 5.83. The lowest BCUT2D eigenvalue weighted by molar-refractivity contribution is -0.122. The van der Waals surface area contributed by atoms with Gasteiger partial charge in [-0.3, -0.25) is 4.79 Å². The van der Waals surface area contributed by atoms with Gasteiger partial charge in [0.25, 0.3) is 0 Å². The van der Waals surface area contributed by atoms with E-state index in [1.165, 1.54) is 0 Å². The number of anilines is 1. The third-order valence-corrected chi connectivity index (χ3v) is 3.87. The van der Waals surface area contributed by atoms with Gasteiger partial charge in [-0.25, -0.2) is 0 Å². The minimum atomic E-state index is 0.0659. The van der Waals surface area contributed by atoms with Crippen LogP contribution in [0.15, 0.2) is 24.3 Å². The van der Waals surface area contributed by atoms with Crippen molar-refractivity contribution in [3.05, 3.63) is 29.8 Å². The number of nitrogens with zero attached hydrogens (tertiary/aromatic N) is 1. The molecule has 1 fully saturated rings. The van der Waals surface area contributed by atoms with E-state index in [4.69, 9.17) is 10.5 Å². The summed E-state index contributed by atoms with van der Waals surface area (Å²) in [6.45, 7) is 5.19. The molecular formula is C16H25N3O2. The number of benzene rings is 1. The van der Waals surface area contributed by atoms with Gasteiger partial charge in [-0.1, -0.05) is 19.1 Å². The number of amides is 1. The van der Waals surface area contributed by atoms with Crippen molar-refractivity contribution in [2.45, 2.75) is 25.4 Å². The summed E-state index contributed by atoms with van der Waals surface area (Å²) in [4.78, 5) is 14.2. The quantitative estimate of drug-likeness (QED) is 0.800. The number of ether oxygens (including phenoxy) is 1. The average molecular weight is 291 g/mol. The van der Waals surface area contributed by atoms with Gasteiger partial charge < -0.3 is 20.7 Å². The second kappa shape index (κ2) is 7.43. The van der Waals surface area contributed by atoms with Crippen LogP contribution in [0.1, 0.15) is 24.8 Å². The highest BCUT2D eigenvalue weighted by molar-refractivity contribution is 5.76. The number of morpholine rings is 1. The minimum absolute atomic E-state index is 0.0659. The van der Waals surface area contributed by atoms with Crippen LogP contribution in [0.25, 0.3) is 0 Å². The van der Waals surface area contributed by atoms with Crippen molar-refractivity contribution in [2.24, 2.45) is 0 Å². The molecule has 0 bridgehead atoms. The van der Waals surface area contributed by atoms with Crippen molar-refractivity contribution < 1.29 is 9.53 Å². The molecule has 0 spiro atoms. The summed E-state index contributed by atoms with van der Waals surface area (Å²) in [5.74, 6) is 0.247. The van der Waals surface area contributed by atoms with E-state index in [2.05, 4.69) is 24.2 Å². The summed E-state index contributed by atoms with van der Waals surface area (Å²) >= 11 is 0. The maximum absolute atomic E-state index is 12.0. The molecule has 2 unspecified atom stereocenters. The number of nitrogens with one attached hydrogen (secondary N) is 1. The highest BCUT2D eigenvalue weighted by Gasteiger charge is 2.19. The summed E-state index contributed by atoms with van der Waals surface area (Å²) in [7, 11) is 2.07. The van der Waals surface area contributed by atoms with Crippen molar-refractivity contribution >= 4 is 11.6 Å². The first-order chi connectivity index (χ1) is 10.0. The van der Waals surface area contributed by atoms with Crippen LogP contribution in [0, 0.1) is 0 Å². The van der Waals surface area contributed by atoms with E-state index in [0.717, 1.165) is 30.9 Å². The fraction of sp³-hybridized carbons (Fsp3) is 0.562. The van der Waals surface area contributed by atoms with E-state index < -0.39 is 0 Å². The van der Waals surface area contributed by atoms with Crippen molar-refractivity contribution in [1.29, 1.82) is 0 Å². The lowest BCUT2D eigenvalue weighted by Gasteiger charge is -2.30. The molecule has 0 radical (unpaired) electrons. The first-order valence-corrected chi connectivity index (χ1v) is 7.47. The van der Waals surface area contributed by atoms with Gasteiger partial charge in [-0.05, 0) is 30.7 Å². The predicted molar refractivity (Wildman–Crippen MR) is 84.1 cm³/mol. The molecular weight excluding hydrogens is 266 g/mol. The van der Waals surface area contributed by atoms with E-state index in [-0.39, 0.29) is 17.9 Å². The number of nitrogens with two attached hydrogens (primary N) is 1. The normalized spacial score (nSPS) is 21.0. The number of carbonyl (C=O) groups is 1. The van der Waals surface area contributed by atoms with Crippen LogP contribution in [0.2, 0.25) is 0 Å². The van der Waals surface area contributed by atoms with Gasteiger partial charge in [-0.2, -0.15) is 0 Å². The molecule has 1 aromatic carbocycles. The summed E-state index contributed by atoms with van der Waals surface area (Å²) in [5.41, 5.74) is 7.55. The Hall–Kier alpha value is -1.59. The number of nitrogen functional groups attached to an aromatic ring is 1. The topological polar surface area (TPSA) is 67.6 Å². The Labute approximate surface area is 126 Å². The van der Waals surface area contributed by atoms with Crippen molar-refractivity contribution in [3.63, 3.8) is 0 Å². The Morgan fingerprint density at radius 2 is 2.19 bits per heavy atom. The van der Waals surface area contributed by atoms with Crippen LogP contribution in [0.5, 0.6) is 0 Å². The predicted octanol–water partition coefficient (Wildman–Crippen LogP) is 1.21. The smallest absolute Gasteiger partial charge is 0.220 e. The SMILES string of the molecule is CC(CC(=O)NCC1CN(C)CCO1)c1ccc(N)cc1. The van der Waals surface area contributed by atoms with Crippen LogP contribution in [0.4, 0.5) is 5.69 Å². The molecule has 3 N–H and O–H groups in total. The third kappa shape index (κ3) is 5.02. The molecule has 0 aromatic heterocycles. The largest absolute Gasteiger partial charge is 0.399 e. The molecule has 0 aliphatic carbocycles. The Bertz CT molecular complexity index is 461. The number of hydrogen-bond donors (Lipinski definition) is 2. The Kier molecular flexibility index (Phi) is 5.59. The number of carbonyl (C=O) groups excluding carboxylic acids is 1. The van der Waals surface area contributed by atoms with E-state index in [1.54, 1.807) is 0 Å². The molecule has 1 aliphatic heterocycles. The summed E-state index contributed by atoms with van der Waals surface area (Å²) in [5, 5.41) is 2.97. The summed E-state index contributed by atoms with van der Waals surface area (Å²) in [6.07, 6.45) is 0.575. The molecule has 5 nitrogen and oxygen atoms in total. The zero-order chi connectivity index (χ0) is 15.2. The highest BCUT2D eigenvalue weighted by Crippen LogP contribution is 2.19. The van der Waals surface area contributed by atoms with Gasteiger partial charge in [0.15, 0.2) is 0 Å². The molecule has 116 valence electrons. The van der Waals surface area contributed by atoms with Crippen molar-refractivity contribution in [3.8, 4) is 0 Å². The van der Waals surface area contributed by atoms with Gasteiger partial charge in [0.05, 0.1) is 12.7 Å². The summed E-state index contributed by atoms with van der Waals surface area (Å²) < 4.78 is 5.63. The molecule has 2 rings (SSSR count). The third-order valence-electron chi connectivity index (χ3n) is 3.87. The van der Waals surface area contributed by atoms with E-state index in [0.29, 0.717) is 13.0 Å². The Morgan fingerprint density at radius 1 is 1.48 bits per heavy atom. The van der Waals surface area contributed by atoms with Crippen LogP contribution >= 0.6 is 0 Å². The fourth-order valence-corrected chi connectivity index (χ4v) is 2.51. The van der Waals surface area contributed by atoms with Gasteiger partial charge in [0.1, 0.15) is 0 Å². The molecule has 21 heavy (non-hydrogen) atoms. The zero-order valence-corrected chi connectivity index (χ0v) is 12.8. The molecule has 5 heteroatoms. The first-order valence-electron chi connectivity index (χ1n) is 7.47. The Balaban J connectivity index is 1.74. The molecule has 1 amide bonds. The van der Waals surface area contributed by atoms with E-state index >= 15 is 0 Å². The van der Waals surface area contributed by atoms with Crippen LogP contribution in [-0.2, 0) is 9.53 Å². The lowest BCUT2D eigenvalue weighted by atomic mass is 9.97. The van der Waals surface area contributed by atoms with Gasteiger partial charge in [0, 0.05) is 31.7 Å². The van der Waals surface area contributed by atoms with E-state index in [9.17, 15) is 4.79 Å². The molecule has 0 saturated carbocycles. The molecule has 1 heterocycles. The van der Waals surface area contributed by atoms with Gasteiger partial charge in [-0.15, -0.1) is 0 Å². The van der Waals surface area contributed by atoms with Crippen molar-refractivity contribution in [1.82, 2.24) is 10.2 Å². The maximum atomic E-state index is 12.0. The lowest BCUT2D eigenvalue weighted by Crippen LogP contribution is -2.46. The molecule has 2 atom stereocenters. The second-order valence-corrected chi connectivity index (χ2v) is 5.83.